The van der Waals surface area contributed by atoms with Crippen molar-refractivity contribution < 1.29 is 18.3 Å². The Bertz CT molecular complexity index is 888. The summed E-state index contributed by atoms with van der Waals surface area (Å²) in [6.45, 7) is -1.09. The fourth-order valence-electron chi connectivity index (χ4n) is 2.28. The highest BCUT2D eigenvalue weighted by molar-refractivity contribution is 7.20. The fourth-order valence-corrected chi connectivity index (χ4v) is 3.52. The van der Waals surface area contributed by atoms with Gasteiger partial charge in [0.05, 0.1) is 15.6 Å². The molecule has 0 unspecified atom stereocenters. The maximum atomic E-state index is 12.4. The van der Waals surface area contributed by atoms with E-state index in [4.69, 9.17) is 11.6 Å². The van der Waals surface area contributed by atoms with Crippen LogP contribution in [0.4, 0.5) is 14.5 Å². The Hall–Kier alpha value is -2.19. The van der Waals surface area contributed by atoms with Gasteiger partial charge in [-0.3, -0.25) is 9.48 Å². The third-order valence-corrected chi connectivity index (χ3v) is 4.82. The molecule has 0 fully saturated rings. The van der Waals surface area contributed by atoms with E-state index in [0.29, 0.717) is 10.6 Å². The van der Waals surface area contributed by atoms with Crippen LogP contribution >= 0.6 is 22.9 Å². The summed E-state index contributed by atoms with van der Waals surface area (Å²) in [6.07, 6.45) is 0. The van der Waals surface area contributed by atoms with Gasteiger partial charge in [-0.15, -0.1) is 11.3 Å². The van der Waals surface area contributed by atoms with Crippen molar-refractivity contribution in [3.05, 3.63) is 39.9 Å². The Morgan fingerprint density at radius 3 is 2.79 bits per heavy atom. The third kappa shape index (κ3) is 3.20. The van der Waals surface area contributed by atoms with Crippen molar-refractivity contribution in [2.75, 3.05) is 5.32 Å². The van der Waals surface area contributed by atoms with Gasteiger partial charge >= 0.3 is 6.61 Å². The molecule has 126 valence electrons. The topological polar surface area (TPSA) is 56.2 Å². The molecule has 0 saturated carbocycles. The molecule has 0 atom stereocenters. The highest BCUT2D eigenvalue weighted by atomic mass is 35.5. The summed E-state index contributed by atoms with van der Waals surface area (Å²) in [7, 11) is 1.81. The standard InChI is InChI=1S/C15H12ClF2N3O2S/c1-7-9-6-12(24-14(9)21(2)20-7)13(22)19-8-3-4-11(10(16)5-8)23-15(17)18/h3-6,15H,1-2H3,(H,19,22). The number of nitrogens with one attached hydrogen (secondary N) is 1. The number of carbonyl (C=O) groups is 1. The average molecular weight is 372 g/mol. The molecule has 0 saturated heterocycles. The number of amides is 1. The molecule has 3 aromatic rings. The van der Waals surface area contributed by atoms with Crippen molar-refractivity contribution in [3.63, 3.8) is 0 Å². The molecular weight excluding hydrogens is 360 g/mol. The molecule has 0 radical (unpaired) electrons. The number of thiophene rings is 1. The number of anilines is 1. The van der Waals surface area contributed by atoms with E-state index >= 15 is 0 Å². The highest BCUT2D eigenvalue weighted by Gasteiger charge is 2.16. The predicted octanol–water partition coefficient (Wildman–Crippen LogP) is 4.45. The first kappa shape index (κ1) is 16.7. The lowest BCUT2D eigenvalue weighted by Crippen LogP contribution is -2.10. The van der Waals surface area contributed by atoms with Gasteiger partial charge in [-0.2, -0.15) is 13.9 Å². The maximum Gasteiger partial charge on any atom is 0.387 e. The zero-order valence-electron chi connectivity index (χ0n) is 12.6. The number of rotatable bonds is 4. The first-order valence-corrected chi connectivity index (χ1v) is 8.03. The molecule has 1 amide bonds. The number of alkyl halides is 2. The van der Waals surface area contributed by atoms with Gasteiger partial charge in [-0.05, 0) is 31.2 Å². The zero-order valence-corrected chi connectivity index (χ0v) is 14.2. The summed E-state index contributed by atoms with van der Waals surface area (Å²) in [5, 5.41) is 7.88. The van der Waals surface area contributed by atoms with E-state index in [1.165, 1.54) is 29.5 Å². The molecule has 5 nitrogen and oxygen atoms in total. The van der Waals surface area contributed by atoms with Crippen LogP contribution in [0.1, 0.15) is 15.4 Å². The molecule has 24 heavy (non-hydrogen) atoms. The molecule has 2 heterocycles. The monoisotopic (exact) mass is 371 g/mol. The van der Waals surface area contributed by atoms with E-state index in [1.807, 2.05) is 14.0 Å². The molecule has 0 aliphatic heterocycles. The average Bonchev–Trinajstić information content (AvgIpc) is 3.04. The largest absolute Gasteiger partial charge is 0.433 e. The lowest BCUT2D eigenvalue weighted by molar-refractivity contribution is -0.0497. The zero-order chi connectivity index (χ0) is 17.4. The SMILES string of the molecule is Cc1nn(C)c2sc(C(=O)Nc3ccc(OC(F)F)c(Cl)c3)cc12. The van der Waals surface area contributed by atoms with Gasteiger partial charge in [0.15, 0.2) is 0 Å². The molecule has 3 rings (SSSR count). The first-order valence-electron chi connectivity index (χ1n) is 6.84. The second-order valence-electron chi connectivity index (χ2n) is 5.02. The maximum absolute atomic E-state index is 12.4. The molecule has 2 aromatic heterocycles. The number of halogens is 3. The number of carbonyl (C=O) groups excluding carboxylic acids is 1. The second-order valence-corrected chi connectivity index (χ2v) is 6.45. The number of aryl methyl sites for hydroxylation is 2. The van der Waals surface area contributed by atoms with Gasteiger partial charge in [-0.25, -0.2) is 0 Å². The number of hydrogen-bond donors (Lipinski definition) is 1. The van der Waals surface area contributed by atoms with E-state index in [2.05, 4.69) is 15.2 Å². The highest BCUT2D eigenvalue weighted by Crippen LogP contribution is 2.31. The van der Waals surface area contributed by atoms with E-state index in [1.54, 1.807) is 10.7 Å². The van der Waals surface area contributed by atoms with Gasteiger partial charge in [0.2, 0.25) is 0 Å². The number of nitrogens with zero attached hydrogens (tertiary/aromatic N) is 2. The Labute approximate surface area is 144 Å². The summed E-state index contributed by atoms with van der Waals surface area (Å²) < 4.78 is 30.4. The van der Waals surface area contributed by atoms with Crippen LogP contribution in [0.2, 0.25) is 5.02 Å². The van der Waals surface area contributed by atoms with Crippen LogP contribution in [-0.2, 0) is 7.05 Å². The Balaban J connectivity index is 1.80. The molecule has 9 heteroatoms. The number of fused-ring (bicyclic) bond motifs is 1. The minimum Gasteiger partial charge on any atom is -0.433 e. The van der Waals surface area contributed by atoms with Gasteiger partial charge in [0.25, 0.3) is 5.91 Å². The van der Waals surface area contributed by atoms with Crippen LogP contribution < -0.4 is 10.1 Å². The van der Waals surface area contributed by atoms with E-state index in [9.17, 15) is 13.6 Å². The number of ether oxygens (including phenoxy) is 1. The number of hydrogen-bond acceptors (Lipinski definition) is 4. The van der Waals surface area contributed by atoms with E-state index in [-0.39, 0.29) is 16.7 Å². The predicted molar refractivity (Wildman–Crippen MR) is 89.4 cm³/mol. The summed E-state index contributed by atoms with van der Waals surface area (Å²) >= 11 is 7.19. The Morgan fingerprint density at radius 1 is 1.42 bits per heavy atom. The lowest BCUT2D eigenvalue weighted by Gasteiger charge is -2.09. The Kier molecular flexibility index (Phi) is 4.42. The summed E-state index contributed by atoms with van der Waals surface area (Å²) in [5.41, 5.74) is 1.23. The molecule has 0 spiro atoms. The molecule has 1 aromatic carbocycles. The Morgan fingerprint density at radius 2 is 2.17 bits per heavy atom. The summed E-state index contributed by atoms with van der Waals surface area (Å²) in [6, 6.07) is 5.86. The quantitative estimate of drug-likeness (QED) is 0.737. The van der Waals surface area contributed by atoms with Crippen LogP contribution in [0, 0.1) is 6.92 Å². The minimum atomic E-state index is -2.96. The van der Waals surface area contributed by atoms with Crippen molar-refractivity contribution in [1.82, 2.24) is 9.78 Å². The summed E-state index contributed by atoms with van der Waals surface area (Å²) in [4.78, 5) is 13.8. The van der Waals surface area contributed by atoms with Crippen molar-refractivity contribution in [1.29, 1.82) is 0 Å². The van der Waals surface area contributed by atoms with Crippen LogP contribution in [0.25, 0.3) is 10.2 Å². The molecule has 0 bridgehead atoms. The lowest BCUT2D eigenvalue weighted by atomic mass is 10.2. The molecular formula is C15H12ClF2N3O2S. The molecule has 0 aliphatic carbocycles. The first-order chi connectivity index (χ1) is 11.3. The minimum absolute atomic E-state index is 0.00974. The van der Waals surface area contributed by atoms with Crippen molar-refractivity contribution >= 4 is 44.7 Å². The fraction of sp³-hybridized carbons (Fsp3) is 0.200. The smallest absolute Gasteiger partial charge is 0.387 e. The van der Waals surface area contributed by atoms with E-state index in [0.717, 1.165) is 15.9 Å². The molecule has 1 N–H and O–H groups in total. The van der Waals surface area contributed by atoms with Gasteiger partial charge < -0.3 is 10.1 Å². The van der Waals surface area contributed by atoms with E-state index < -0.39 is 6.61 Å². The van der Waals surface area contributed by atoms with Crippen molar-refractivity contribution in [2.24, 2.45) is 7.05 Å². The van der Waals surface area contributed by atoms with Crippen LogP contribution in [-0.4, -0.2) is 22.3 Å². The van der Waals surface area contributed by atoms with Crippen LogP contribution in [0.3, 0.4) is 0 Å². The van der Waals surface area contributed by atoms with Crippen LogP contribution in [0.15, 0.2) is 24.3 Å². The number of aromatic nitrogens is 2. The third-order valence-electron chi connectivity index (χ3n) is 3.33. The van der Waals surface area contributed by atoms with Gasteiger partial charge in [0.1, 0.15) is 10.6 Å². The number of benzene rings is 1. The molecule has 0 aliphatic rings. The van der Waals surface area contributed by atoms with Gasteiger partial charge in [-0.1, -0.05) is 11.6 Å². The van der Waals surface area contributed by atoms with Crippen molar-refractivity contribution in [3.8, 4) is 5.75 Å². The normalized spacial score (nSPS) is 11.2. The van der Waals surface area contributed by atoms with Crippen molar-refractivity contribution in [2.45, 2.75) is 13.5 Å². The van der Waals surface area contributed by atoms with Crippen LogP contribution in [0.5, 0.6) is 5.75 Å². The second kappa shape index (κ2) is 6.37. The van der Waals surface area contributed by atoms with Gasteiger partial charge in [0, 0.05) is 18.1 Å². The summed E-state index contributed by atoms with van der Waals surface area (Å²) in [5.74, 6) is -0.456.